The van der Waals surface area contributed by atoms with Gasteiger partial charge in [0, 0.05) is 19.9 Å². The van der Waals surface area contributed by atoms with Crippen molar-refractivity contribution in [3.05, 3.63) is 0 Å². The molecule has 0 aromatic heterocycles. The fourth-order valence-electron chi connectivity index (χ4n) is 1.96. The number of hydrogen-bond donors (Lipinski definition) is 3. The van der Waals surface area contributed by atoms with Crippen LogP contribution < -0.4 is 5.32 Å². The van der Waals surface area contributed by atoms with Crippen LogP contribution in [0.1, 0.15) is 58.8 Å². The highest BCUT2D eigenvalue weighted by Crippen LogP contribution is 2.42. The summed E-state index contributed by atoms with van der Waals surface area (Å²) in [6, 6.07) is 0. The average Bonchev–Trinajstić information content (AvgIpc) is 2.58. The Morgan fingerprint density at radius 1 is 1.08 bits per heavy atom. The highest BCUT2D eigenvalue weighted by atomic mass is 31.2. The monoisotopic (exact) mass is 397 g/mol. The number of unbranched alkanes of at least 4 members (excludes halogenated alkanes) is 5. The quantitative estimate of drug-likeness (QED) is 0.204. The van der Waals surface area contributed by atoms with E-state index in [4.69, 9.17) is 4.74 Å². The first-order valence-electron chi connectivity index (χ1n) is 8.97. The maximum Gasteiger partial charge on any atom is 0.472 e. The first-order valence-corrected chi connectivity index (χ1v) is 10.5. The lowest BCUT2D eigenvalue weighted by atomic mass is 10.1. The molecule has 9 nitrogen and oxygen atoms in total. The molecular weight excluding hydrogens is 365 g/mol. The Morgan fingerprint density at radius 2 is 1.73 bits per heavy atom. The van der Waals surface area contributed by atoms with E-state index in [1.807, 2.05) is 0 Å². The van der Waals surface area contributed by atoms with Crippen LogP contribution in [0.2, 0.25) is 0 Å². The molecule has 0 aromatic carbocycles. The lowest BCUT2D eigenvalue weighted by Gasteiger charge is -2.15. The van der Waals surface area contributed by atoms with E-state index in [9.17, 15) is 24.2 Å². The zero-order chi connectivity index (χ0) is 19.8. The number of hydrogen-bond acceptors (Lipinski definition) is 7. The molecule has 154 valence electrons. The Morgan fingerprint density at radius 3 is 2.38 bits per heavy atom. The molecule has 3 N–H and O–H groups in total. The van der Waals surface area contributed by atoms with Gasteiger partial charge in [-0.1, -0.05) is 39.0 Å². The van der Waals surface area contributed by atoms with Crippen molar-refractivity contribution >= 4 is 19.7 Å². The molecule has 2 unspecified atom stereocenters. The van der Waals surface area contributed by atoms with Gasteiger partial charge in [-0.3, -0.25) is 18.6 Å². The molecule has 0 saturated heterocycles. The fourth-order valence-corrected chi connectivity index (χ4v) is 2.72. The zero-order valence-electron chi connectivity index (χ0n) is 15.6. The molecule has 0 aliphatic heterocycles. The number of phosphoric acid groups is 1. The number of nitrogens with one attached hydrogen (secondary N) is 1. The molecule has 0 fully saturated rings. The van der Waals surface area contributed by atoms with Crippen LogP contribution in [0.3, 0.4) is 0 Å². The standard InChI is InChI=1S/C16H32NO8P/c1-3-4-5-6-7-8-9-16(20)23-12-15(19)13-25-26(21,22)24-11-10-17-14(2)18/h15,19H,3-13H2,1-2H3,(H,17,18)(H,21,22). The summed E-state index contributed by atoms with van der Waals surface area (Å²) < 4.78 is 25.6. The molecule has 0 radical (unpaired) electrons. The SMILES string of the molecule is CCCCCCCCC(=O)OCC(O)COP(=O)(O)OCCNC(C)=O. The van der Waals surface area contributed by atoms with Crippen LogP contribution >= 0.6 is 7.82 Å². The van der Waals surface area contributed by atoms with E-state index in [2.05, 4.69) is 21.3 Å². The second-order valence-electron chi connectivity index (χ2n) is 5.94. The van der Waals surface area contributed by atoms with Gasteiger partial charge in [-0.15, -0.1) is 0 Å². The van der Waals surface area contributed by atoms with Gasteiger partial charge in [0.2, 0.25) is 5.91 Å². The van der Waals surface area contributed by atoms with Crippen LogP contribution in [0, 0.1) is 0 Å². The van der Waals surface area contributed by atoms with Crippen LogP contribution in [-0.4, -0.2) is 54.3 Å². The molecule has 0 aliphatic rings. The minimum atomic E-state index is -4.34. The molecule has 0 spiro atoms. The van der Waals surface area contributed by atoms with E-state index in [1.165, 1.54) is 19.8 Å². The van der Waals surface area contributed by atoms with Crippen molar-refractivity contribution in [3.8, 4) is 0 Å². The largest absolute Gasteiger partial charge is 0.472 e. The summed E-state index contributed by atoms with van der Waals surface area (Å²) in [5.41, 5.74) is 0. The summed E-state index contributed by atoms with van der Waals surface area (Å²) in [4.78, 5) is 31.6. The van der Waals surface area contributed by atoms with Gasteiger partial charge in [0.25, 0.3) is 0 Å². The summed E-state index contributed by atoms with van der Waals surface area (Å²) in [6.07, 6.45) is 5.37. The van der Waals surface area contributed by atoms with E-state index >= 15 is 0 Å². The van der Waals surface area contributed by atoms with Crippen LogP contribution in [0.4, 0.5) is 0 Å². The number of aliphatic hydroxyl groups is 1. The first-order chi connectivity index (χ1) is 12.3. The Hall–Kier alpha value is -0.990. The van der Waals surface area contributed by atoms with Crippen molar-refractivity contribution in [2.75, 3.05) is 26.4 Å². The molecule has 0 aliphatic carbocycles. The zero-order valence-corrected chi connectivity index (χ0v) is 16.5. The smallest absolute Gasteiger partial charge is 0.463 e. The van der Waals surface area contributed by atoms with Crippen LogP contribution in [-0.2, 0) is 27.9 Å². The van der Waals surface area contributed by atoms with E-state index in [1.54, 1.807) is 0 Å². The number of amides is 1. The van der Waals surface area contributed by atoms with E-state index in [-0.39, 0.29) is 32.1 Å². The van der Waals surface area contributed by atoms with Gasteiger partial charge < -0.3 is 20.1 Å². The number of phosphoric ester groups is 1. The number of esters is 1. The highest BCUT2D eigenvalue weighted by molar-refractivity contribution is 7.47. The Bertz CT molecular complexity index is 446. The van der Waals surface area contributed by atoms with Crippen LogP contribution in [0.5, 0.6) is 0 Å². The van der Waals surface area contributed by atoms with Gasteiger partial charge in [-0.05, 0) is 6.42 Å². The minimum Gasteiger partial charge on any atom is -0.463 e. The maximum atomic E-state index is 11.5. The lowest BCUT2D eigenvalue weighted by Crippen LogP contribution is -2.25. The van der Waals surface area contributed by atoms with Crippen molar-refractivity contribution in [3.63, 3.8) is 0 Å². The number of rotatable bonds is 16. The molecule has 0 aromatic rings. The number of ether oxygens (including phenoxy) is 1. The van der Waals surface area contributed by atoms with Crippen molar-refractivity contribution in [1.29, 1.82) is 0 Å². The average molecular weight is 397 g/mol. The van der Waals surface area contributed by atoms with Gasteiger partial charge in [-0.25, -0.2) is 4.57 Å². The van der Waals surface area contributed by atoms with E-state index < -0.39 is 26.5 Å². The summed E-state index contributed by atoms with van der Waals surface area (Å²) in [7, 11) is -4.34. The Balaban J connectivity index is 3.73. The third-order valence-corrected chi connectivity index (χ3v) is 4.32. The third-order valence-electron chi connectivity index (χ3n) is 3.33. The third kappa shape index (κ3) is 16.5. The van der Waals surface area contributed by atoms with Gasteiger partial charge in [-0.2, -0.15) is 0 Å². The minimum absolute atomic E-state index is 0.0574. The summed E-state index contributed by atoms with van der Waals surface area (Å²) >= 11 is 0. The molecule has 10 heteroatoms. The van der Waals surface area contributed by atoms with Gasteiger partial charge in [0.15, 0.2) is 0 Å². The van der Waals surface area contributed by atoms with Gasteiger partial charge >= 0.3 is 13.8 Å². The molecular formula is C16H32NO8P. The first kappa shape index (κ1) is 25.0. The van der Waals surface area contributed by atoms with Crippen molar-refractivity contribution in [1.82, 2.24) is 5.32 Å². The van der Waals surface area contributed by atoms with Crippen molar-refractivity contribution in [2.24, 2.45) is 0 Å². The van der Waals surface area contributed by atoms with E-state index in [0.717, 1.165) is 25.7 Å². The second kappa shape index (κ2) is 15.1. The molecule has 26 heavy (non-hydrogen) atoms. The normalized spacial score (nSPS) is 14.5. The summed E-state index contributed by atoms with van der Waals surface area (Å²) in [5, 5.41) is 12.0. The molecule has 0 heterocycles. The van der Waals surface area contributed by atoms with Crippen LogP contribution in [0.25, 0.3) is 0 Å². The predicted octanol–water partition coefficient (Wildman–Crippen LogP) is 1.91. The molecule has 1 amide bonds. The number of aliphatic hydroxyl groups excluding tert-OH is 1. The maximum absolute atomic E-state index is 11.5. The van der Waals surface area contributed by atoms with Crippen LogP contribution in [0.15, 0.2) is 0 Å². The highest BCUT2D eigenvalue weighted by Gasteiger charge is 2.23. The van der Waals surface area contributed by atoms with E-state index in [0.29, 0.717) is 0 Å². The summed E-state index contributed by atoms with van der Waals surface area (Å²) in [6.45, 7) is 2.45. The summed E-state index contributed by atoms with van der Waals surface area (Å²) in [5.74, 6) is -0.709. The Kier molecular flexibility index (Phi) is 14.5. The lowest BCUT2D eigenvalue weighted by molar-refractivity contribution is -0.147. The second-order valence-corrected chi connectivity index (χ2v) is 7.39. The van der Waals surface area contributed by atoms with Gasteiger partial charge in [0.1, 0.15) is 12.7 Å². The number of carbonyl (C=O) groups is 2. The molecule has 0 rings (SSSR count). The number of carbonyl (C=O) groups excluding carboxylic acids is 2. The van der Waals surface area contributed by atoms with Crippen molar-refractivity contribution in [2.45, 2.75) is 64.9 Å². The predicted molar refractivity (Wildman–Crippen MR) is 95.4 cm³/mol. The van der Waals surface area contributed by atoms with Crippen molar-refractivity contribution < 1.29 is 37.9 Å². The molecule has 2 atom stereocenters. The molecule has 0 bridgehead atoms. The molecule has 0 saturated carbocycles. The van der Waals surface area contributed by atoms with Gasteiger partial charge in [0.05, 0.1) is 13.2 Å². The topological polar surface area (TPSA) is 131 Å². The Labute approximate surface area is 155 Å². The fraction of sp³-hybridized carbons (Fsp3) is 0.875.